The van der Waals surface area contributed by atoms with Crippen LogP contribution in [0.15, 0.2) is 57.7 Å². The van der Waals surface area contributed by atoms with Crippen molar-refractivity contribution in [1.82, 2.24) is 15.0 Å². The van der Waals surface area contributed by atoms with Gasteiger partial charge < -0.3 is 14.7 Å². The highest BCUT2D eigenvalue weighted by Crippen LogP contribution is 2.27. The number of nitrogens with zero attached hydrogens (tertiary/aromatic N) is 2. The number of carbonyl (C=O) groups is 1. The Balaban J connectivity index is 1.22. The number of carbonyl (C=O) groups excluding carboxylic acids is 1. The van der Waals surface area contributed by atoms with E-state index in [1.807, 2.05) is 69.3 Å². The Labute approximate surface area is 203 Å². The molecule has 172 valence electrons. The predicted octanol–water partition coefficient (Wildman–Crippen LogP) is 5.67. The molecule has 3 aromatic heterocycles. The summed E-state index contributed by atoms with van der Waals surface area (Å²) in [5, 5.41) is 3.26. The molecule has 2 aromatic carbocycles. The van der Waals surface area contributed by atoms with Gasteiger partial charge in [0.05, 0.1) is 16.4 Å². The third kappa shape index (κ3) is 4.36. The summed E-state index contributed by atoms with van der Waals surface area (Å²) in [5.74, 6) is 1.43. The quantitative estimate of drug-likeness (QED) is 0.318. The monoisotopic (exact) mass is 490 g/mol. The van der Waals surface area contributed by atoms with Gasteiger partial charge in [-0.1, -0.05) is 12.1 Å². The molecule has 7 nitrogen and oxygen atoms in total. The van der Waals surface area contributed by atoms with Crippen molar-refractivity contribution in [3.05, 3.63) is 75.1 Å². The van der Waals surface area contributed by atoms with Crippen molar-refractivity contribution >= 4 is 56.0 Å². The first-order valence-electron chi connectivity index (χ1n) is 10.8. The summed E-state index contributed by atoms with van der Waals surface area (Å²) in [6.07, 6.45) is 0. The third-order valence-corrected chi connectivity index (χ3v) is 7.88. The van der Waals surface area contributed by atoms with Crippen molar-refractivity contribution in [2.45, 2.75) is 31.8 Å². The van der Waals surface area contributed by atoms with Gasteiger partial charge in [-0.05, 0) is 62.7 Å². The molecule has 0 aliphatic heterocycles. The number of rotatable bonds is 6. The van der Waals surface area contributed by atoms with Crippen LogP contribution >= 0.6 is 23.1 Å². The average molecular weight is 491 g/mol. The Bertz CT molecular complexity index is 1530. The summed E-state index contributed by atoms with van der Waals surface area (Å²) in [5.41, 5.74) is 3.91. The molecule has 3 heterocycles. The zero-order valence-electron chi connectivity index (χ0n) is 18.8. The van der Waals surface area contributed by atoms with Crippen LogP contribution in [0.3, 0.4) is 0 Å². The lowest BCUT2D eigenvalue weighted by Gasteiger charge is -2.12. The molecule has 2 N–H and O–H groups in total. The molecule has 5 aromatic rings. The molecule has 0 saturated heterocycles. The number of hydrogen-bond acceptors (Lipinski definition) is 7. The van der Waals surface area contributed by atoms with E-state index in [1.54, 1.807) is 0 Å². The van der Waals surface area contributed by atoms with Gasteiger partial charge in [-0.25, -0.2) is 9.97 Å². The SMILES string of the molecule is Cc1sc2nc(CSC(C)C(=O)Nc3ccc(-c4nc5ccccc5o4)cc3)[nH]c(=O)c2c1C. The summed E-state index contributed by atoms with van der Waals surface area (Å²) >= 11 is 2.94. The first-order chi connectivity index (χ1) is 16.4. The number of anilines is 1. The number of H-pyrrole nitrogens is 1. The minimum absolute atomic E-state index is 0.120. The Morgan fingerprint density at radius 1 is 1.15 bits per heavy atom. The topological polar surface area (TPSA) is 101 Å². The van der Waals surface area contributed by atoms with E-state index in [0.29, 0.717) is 28.5 Å². The van der Waals surface area contributed by atoms with Crippen LogP contribution in [0.5, 0.6) is 0 Å². The largest absolute Gasteiger partial charge is 0.436 e. The van der Waals surface area contributed by atoms with Crippen LogP contribution in [0, 0.1) is 13.8 Å². The van der Waals surface area contributed by atoms with Crippen LogP contribution in [-0.2, 0) is 10.5 Å². The van der Waals surface area contributed by atoms with Crippen LogP contribution in [0.25, 0.3) is 32.8 Å². The lowest BCUT2D eigenvalue weighted by atomic mass is 10.2. The number of oxazole rings is 1. The third-order valence-electron chi connectivity index (χ3n) is 5.62. The molecule has 5 rings (SSSR count). The van der Waals surface area contributed by atoms with E-state index >= 15 is 0 Å². The van der Waals surface area contributed by atoms with E-state index in [9.17, 15) is 9.59 Å². The molecule has 9 heteroatoms. The van der Waals surface area contributed by atoms with Crippen molar-refractivity contribution in [2.24, 2.45) is 0 Å². The van der Waals surface area contributed by atoms with Gasteiger partial charge in [0.1, 0.15) is 16.2 Å². The van der Waals surface area contributed by atoms with Crippen molar-refractivity contribution in [2.75, 3.05) is 5.32 Å². The molecule has 1 atom stereocenters. The second kappa shape index (κ2) is 9.08. The van der Waals surface area contributed by atoms with E-state index < -0.39 is 0 Å². The number of hydrogen-bond donors (Lipinski definition) is 2. The highest BCUT2D eigenvalue weighted by molar-refractivity contribution is 7.99. The average Bonchev–Trinajstić information content (AvgIpc) is 3.38. The second-order valence-corrected chi connectivity index (χ2v) is 10.5. The van der Waals surface area contributed by atoms with Gasteiger partial charge in [-0.2, -0.15) is 0 Å². The summed E-state index contributed by atoms with van der Waals surface area (Å²) in [4.78, 5) is 38.9. The number of amides is 1. The summed E-state index contributed by atoms with van der Waals surface area (Å²) in [7, 11) is 0. The number of para-hydroxylation sites is 2. The fraction of sp³-hybridized carbons (Fsp3) is 0.200. The highest BCUT2D eigenvalue weighted by Gasteiger charge is 2.17. The van der Waals surface area contributed by atoms with Crippen molar-refractivity contribution in [1.29, 1.82) is 0 Å². The number of nitrogens with one attached hydrogen (secondary N) is 2. The standard InChI is InChI=1S/C25H22N4O3S2/c1-13-14(2)34-25-21(13)23(31)28-20(29-25)12-33-15(3)22(30)26-17-10-8-16(9-11-17)24-27-18-6-4-5-7-19(18)32-24/h4-11,15H,12H2,1-3H3,(H,26,30)(H,28,29,31). The van der Waals surface area contributed by atoms with Gasteiger partial charge in [-0.3, -0.25) is 9.59 Å². The van der Waals surface area contributed by atoms with Crippen molar-refractivity contribution in [3.63, 3.8) is 0 Å². The molecule has 0 bridgehead atoms. The lowest BCUT2D eigenvalue weighted by Crippen LogP contribution is -2.23. The van der Waals surface area contributed by atoms with E-state index in [4.69, 9.17) is 4.42 Å². The number of aryl methyl sites for hydroxylation is 2. The molecule has 0 fully saturated rings. The molecule has 0 spiro atoms. The number of aromatic amines is 1. The van der Waals surface area contributed by atoms with Crippen molar-refractivity contribution < 1.29 is 9.21 Å². The lowest BCUT2D eigenvalue weighted by molar-refractivity contribution is -0.115. The number of benzene rings is 2. The summed E-state index contributed by atoms with van der Waals surface area (Å²) in [6.45, 7) is 5.76. The van der Waals surface area contributed by atoms with Gasteiger partial charge in [0.15, 0.2) is 5.58 Å². The van der Waals surface area contributed by atoms with Gasteiger partial charge >= 0.3 is 0 Å². The van der Waals surface area contributed by atoms with Gasteiger partial charge in [0.25, 0.3) is 5.56 Å². The number of thioether (sulfide) groups is 1. The maximum Gasteiger partial charge on any atom is 0.259 e. The molecule has 0 saturated carbocycles. The van der Waals surface area contributed by atoms with E-state index in [1.165, 1.54) is 23.1 Å². The Kier molecular flexibility index (Phi) is 5.97. The number of aromatic nitrogens is 3. The molecule has 0 aliphatic rings. The molecule has 0 aliphatic carbocycles. The minimum Gasteiger partial charge on any atom is -0.436 e. The number of fused-ring (bicyclic) bond motifs is 2. The van der Waals surface area contributed by atoms with Gasteiger partial charge in [0, 0.05) is 16.1 Å². The fourth-order valence-electron chi connectivity index (χ4n) is 3.58. The first kappa shape index (κ1) is 22.4. The second-order valence-electron chi connectivity index (χ2n) is 7.98. The van der Waals surface area contributed by atoms with Crippen LogP contribution < -0.4 is 10.9 Å². The zero-order valence-corrected chi connectivity index (χ0v) is 20.5. The fourth-order valence-corrected chi connectivity index (χ4v) is 5.39. The number of thiophene rings is 1. The predicted molar refractivity (Wildman–Crippen MR) is 139 cm³/mol. The van der Waals surface area contributed by atoms with Crippen molar-refractivity contribution in [3.8, 4) is 11.5 Å². The Morgan fingerprint density at radius 3 is 2.68 bits per heavy atom. The molecular weight excluding hydrogens is 468 g/mol. The first-order valence-corrected chi connectivity index (χ1v) is 12.6. The van der Waals surface area contributed by atoms with Gasteiger partial charge in [0.2, 0.25) is 11.8 Å². The molecule has 1 unspecified atom stereocenters. The normalized spacial score (nSPS) is 12.3. The van der Waals surface area contributed by atoms with Crippen LogP contribution in [0.1, 0.15) is 23.2 Å². The highest BCUT2D eigenvalue weighted by atomic mass is 32.2. The van der Waals surface area contributed by atoms with E-state index in [-0.39, 0.29) is 16.7 Å². The van der Waals surface area contributed by atoms with Gasteiger partial charge in [-0.15, -0.1) is 23.1 Å². The van der Waals surface area contributed by atoms with Crippen LogP contribution in [-0.4, -0.2) is 26.1 Å². The van der Waals surface area contributed by atoms with Crippen LogP contribution in [0.2, 0.25) is 0 Å². The Morgan fingerprint density at radius 2 is 1.91 bits per heavy atom. The zero-order chi connectivity index (χ0) is 23.8. The summed E-state index contributed by atoms with van der Waals surface area (Å²) < 4.78 is 5.80. The minimum atomic E-state index is -0.329. The molecule has 1 amide bonds. The molecule has 0 radical (unpaired) electrons. The van der Waals surface area contributed by atoms with E-state index in [2.05, 4.69) is 20.3 Å². The molecular formula is C25H22N4O3S2. The smallest absolute Gasteiger partial charge is 0.259 e. The maximum atomic E-state index is 12.7. The van der Waals surface area contributed by atoms with Crippen LogP contribution in [0.4, 0.5) is 5.69 Å². The Hall–Kier alpha value is -3.43. The summed E-state index contributed by atoms with van der Waals surface area (Å²) in [6, 6.07) is 15.0. The molecule has 34 heavy (non-hydrogen) atoms. The maximum absolute atomic E-state index is 12.7. The van der Waals surface area contributed by atoms with E-state index in [0.717, 1.165) is 31.9 Å².